The van der Waals surface area contributed by atoms with E-state index >= 15 is 0 Å². The Bertz CT molecular complexity index is 1220. The number of halogens is 2. The summed E-state index contributed by atoms with van der Waals surface area (Å²) >= 11 is 0. The average molecular weight is 456 g/mol. The van der Waals surface area contributed by atoms with E-state index in [4.69, 9.17) is 0 Å². The topological polar surface area (TPSA) is 68.6 Å². The number of hydrogen-bond donors (Lipinski definition) is 1. The van der Waals surface area contributed by atoms with Gasteiger partial charge in [0.2, 0.25) is 0 Å². The highest BCUT2D eigenvalue weighted by molar-refractivity contribution is 5.75. The van der Waals surface area contributed by atoms with Crippen LogP contribution in [0.2, 0.25) is 0 Å². The predicted molar refractivity (Wildman–Crippen MR) is 120 cm³/mol. The van der Waals surface area contributed by atoms with Crippen LogP contribution in [-0.4, -0.2) is 46.4 Å². The Balaban J connectivity index is 1.12. The molecule has 2 aliphatic heterocycles. The first-order chi connectivity index (χ1) is 15.9. The van der Waals surface area contributed by atoms with Crippen molar-refractivity contribution in [1.29, 1.82) is 0 Å². The van der Waals surface area contributed by atoms with Crippen molar-refractivity contribution in [2.75, 3.05) is 19.6 Å². The number of benzene rings is 2. The predicted octanol–water partition coefficient (Wildman–Crippen LogP) is 3.28. The van der Waals surface area contributed by atoms with Gasteiger partial charge < -0.3 is 24.3 Å². The summed E-state index contributed by atoms with van der Waals surface area (Å²) < 4.78 is 37.1. The molecule has 3 heterocycles. The molecular weight excluding hydrogens is 430 g/mol. The van der Waals surface area contributed by atoms with Gasteiger partial charge in [-0.15, -0.1) is 8.78 Å². The van der Waals surface area contributed by atoms with Crippen LogP contribution >= 0.6 is 0 Å². The number of fused-ring (bicyclic) bond motifs is 2. The van der Waals surface area contributed by atoms with E-state index in [1.807, 2.05) is 29.7 Å². The van der Waals surface area contributed by atoms with Crippen molar-refractivity contribution in [3.63, 3.8) is 0 Å². The molecule has 0 atom stereocenters. The Kier molecular flexibility index (Phi) is 5.76. The van der Waals surface area contributed by atoms with Crippen molar-refractivity contribution in [1.82, 2.24) is 19.8 Å². The lowest BCUT2D eigenvalue weighted by Gasteiger charge is -2.32. The maximum Gasteiger partial charge on any atom is 0.586 e. The van der Waals surface area contributed by atoms with E-state index in [-0.39, 0.29) is 17.1 Å². The smallest absolute Gasteiger partial charge is 0.395 e. The van der Waals surface area contributed by atoms with E-state index in [1.165, 1.54) is 12.3 Å². The molecule has 1 saturated heterocycles. The van der Waals surface area contributed by atoms with Gasteiger partial charge in [0.25, 0.3) is 5.56 Å². The van der Waals surface area contributed by atoms with Crippen LogP contribution in [0.15, 0.2) is 47.4 Å². The highest BCUT2D eigenvalue weighted by atomic mass is 19.3. The number of nitrogens with zero attached hydrogens (tertiary/aromatic N) is 3. The standard InChI is InChI=1S/C24H26F2N4O3/c1-16-2-4-19-20(12-16)30(23(31)15-28-19)11-10-29-8-6-18(7-9-29)27-14-17-3-5-21-22(13-17)33-24(25,26)32-21/h2-5,12-13,15,18,27H,6-11,14H2,1H3. The van der Waals surface area contributed by atoms with Gasteiger partial charge in [-0.25, -0.2) is 4.98 Å². The Morgan fingerprint density at radius 1 is 1.09 bits per heavy atom. The van der Waals surface area contributed by atoms with Crippen molar-refractivity contribution in [2.24, 2.45) is 0 Å². The van der Waals surface area contributed by atoms with E-state index < -0.39 is 6.29 Å². The zero-order chi connectivity index (χ0) is 23.0. The molecular formula is C24H26F2N4O3. The molecule has 0 bridgehead atoms. The Labute approximate surface area is 189 Å². The van der Waals surface area contributed by atoms with Crippen LogP contribution < -0.4 is 20.3 Å². The maximum atomic E-state index is 13.2. The van der Waals surface area contributed by atoms with Crippen molar-refractivity contribution >= 4 is 11.0 Å². The fourth-order valence-corrected chi connectivity index (χ4v) is 4.47. The molecule has 1 N–H and O–H groups in total. The van der Waals surface area contributed by atoms with Gasteiger partial charge in [-0.1, -0.05) is 12.1 Å². The molecule has 0 unspecified atom stereocenters. The molecule has 174 valence electrons. The number of rotatable bonds is 6. The quantitative estimate of drug-likeness (QED) is 0.614. The van der Waals surface area contributed by atoms with Crippen LogP contribution in [0.4, 0.5) is 8.78 Å². The summed E-state index contributed by atoms with van der Waals surface area (Å²) in [6, 6.07) is 11.2. The number of aromatic nitrogens is 2. The van der Waals surface area contributed by atoms with E-state index in [0.717, 1.165) is 54.6 Å². The molecule has 0 radical (unpaired) electrons. The van der Waals surface area contributed by atoms with Crippen molar-refractivity contribution < 1.29 is 18.3 Å². The van der Waals surface area contributed by atoms with Crippen molar-refractivity contribution in [2.45, 2.75) is 45.2 Å². The Morgan fingerprint density at radius 2 is 1.88 bits per heavy atom. The molecule has 0 saturated carbocycles. The maximum absolute atomic E-state index is 13.2. The highest BCUT2D eigenvalue weighted by Crippen LogP contribution is 2.41. The first kappa shape index (κ1) is 21.8. The van der Waals surface area contributed by atoms with Gasteiger partial charge in [0.15, 0.2) is 11.5 Å². The number of hydrogen-bond acceptors (Lipinski definition) is 6. The lowest BCUT2D eigenvalue weighted by atomic mass is 10.0. The van der Waals surface area contributed by atoms with Crippen LogP contribution in [0, 0.1) is 6.92 Å². The van der Waals surface area contributed by atoms with Crippen molar-refractivity contribution in [3.05, 3.63) is 64.1 Å². The second-order valence-electron chi connectivity index (χ2n) is 8.69. The van der Waals surface area contributed by atoms with Crippen LogP contribution in [0.5, 0.6) is 11.5 Å². The number of alkyl halides is 2. The minimum atomic E-state index is -3.59. The van der Waals surface area contributed by atoms with E-state index in [1.54, 1.807) is 12.1 Å². The van der Waals surface area contributed by atoms with Gasteiger partial charge in [0.1, 0.15) is 0 Å². The molecule has 2 aromatic carbocycles. The second kappa shape index (κ2) is 8.72. The minimum Gasteiger partial charge on any atom is -0.395 e. The lowest BCUT2D eigenvalue weighted by molar-refractivity contribution is -0.286. The Hall–Kier alpha value is -3.04. The number of nitrogens with one attached hydrogen (secondary N) is 1. The first-order valence-electron chi connectivity index (χ1n) is 11.2. The zero-order valence-electron chi connectivity index (χ0n) is 18.4. The molecule has 0 spiro atoms. The van der Waals surface area contributed by atoms with Gasteiger partial charge in [-0.05, 0) is 68.2 Å². The molecule has 9 heteroatoms. The second-order valence-corrected chi connectivity index (χ2v) is 8.69. The fourth-order valence-electron chi connectivity index (χ4n) is 4.47. The summed E-state index contributed by atoms with van der Waals surface area (Å²) in [6.45, 7) is 5.88. The molecule has 2 aliphatic rings. The van der Waals surface area contributed by atoms with E-state index in [0.29, 0.717) is 19.1 Å². The van der Waals surface area contributed by atoms with Crippen LogP contribution in [0.1, 0.15) is 24.0 Å². The molecule has 1 aromatic heterocycles. The van der Waals surface area contributed by atoms with Gasteiger partial charge in [0, 0.05) is 25.7 Å². The summed E-state index contributed by atoms with van der Waals surface area (Å²) in [4.78, 5) is 19.0. The number of aryl methyl sites for hydroxylation is 1. The fraction of sp³-hybridized carbons (Fsp3) is 0.417. The van der Waals surface area contributed by atoms with Gasteiger partial charge in [0.05, 0.1) is 17.2 Å². The van der Waals surface area contributed by atoms with E-state index in [2.05, 4.69) is 24.7 Å². The molecule has 7 nitrogen and oxygen atoms in total. The molecule has 0 aliphatic carbocycles. The largest absolute Gasteiger partial charge is 0.586 e. The third-order valence-corrected chi connectivity index (χ3v) is 6.29. The van der Waals surface area contributed by atoms with E-state index in [9.17, 15) is 13.6 Å². The third kappa shape index (κ3) is 4.84. The molecule has 3 aromatic rings. The normalized spacial score (nSPS) is 18.2. The minimum absolute atomic E-state index is 0.0632. The molecule has 0 amide bonds. The summed E-state index contributed by atoms with van der Waals surface area (Å²) in [6.07, 6.45) is -0.236. The number of likely N-dealkylation sites (tertiary alicyclic amines) is 1. The van der Waals surface area contributed by atoms with Gasteiger partial charge in [-0.2, -0.15) is 0 Å². The Morgan fingerprint density at radius 3 is 2.70 bits per heavy atom. The monoisotopic (exact) mass is 456 g/mol. The lowest BCUT2D eigenvalue weighted by Crippen LogP contribution is -2.43. The number of piperidine rings is 1. The van der Waals surface area contributed by atoms with Crippen molar-refractivity contribution in [3.8, 4) is 11.5 Å². The number of ether oxygens (including phenoxy) is 2. The third-order valence-electron chi connectivity index (χ3n) is 6.29. The SMILES string of the molecule is Cc1ccc2ncc(=O)n(CCN3CCC(NCc4ccc5c(c4)OC(F)(F)O5)CC3)c2c1. The van der Waals surface area contributed by atoms with Gasteiger partial charge >= 0.3 is 6.29 Å². The zero-order valence-corrected chi connectivity index (χ0v) is 18.4. The summed E-state index contributed by atoms with van der Waals surface area (Å²) in [5, 5.41) is 3.51. The molecule has 33 heavy (non-hydrogen) atoms. The summed E-state index contributed by atoms with van der Waals surface area (Å²) in [5.41, 5.74) is 3.60. The average Bonchev–Trinajstić information content (AvgIpc) is 3.10. The highest BCUT2D eigenvalue weighted by Gasteiger charge is 2.43. The first-order valence-corrected chi connectivity index (χ1v) is 11.2. The van der Waals surface area contributed by atoms with Gasteiger partial charge in [-0.3, -0.25) is 4.79 Å². The van der Waals surface area contributed by atoms with Crippen LogP contribution in [0.3, 0.4) is 0 Å². The summed E-state index contributed by atoms with van der Waals surface area (Å²) in [5.74, 6) is 0.136. The molecule has 1 fully saturated rings. The van der Waals surface area contributed by atoms with Crippen LogP contribution in [0.25, 0.3) is 11.0 Å². The summed E-state index contributed by atoms with van der Waals surface area (Å²) in [7, 11) is 0. The molecule has 5 rings (SSSR count). The van der Waals surface area contributed by atoms with Crippen LogP contribution in [-0.2, 0) is 13.1 Å².